The summed E-state index contributed by atoms with van der Waals surface area (Å²) in [7, 11) is 0. The first-order valence-electron chi connectivity index (χ1n) is 8.74. The fourth-order valence-corrected chi connectivity index (χ4v) is 2.56. The van der Waals surface area contributed by atoms with Crippen molar-refractivity contribution in [1.82, 2.24) is 0 Å². The molecule has 22 heavy (non-hydrogen) atoms. The summed E-state index contributed by atoms with van der Waals surface area (Å²) < 4.78 is 10.6. The lowest BCUT2D eigenvalue weighted by atomic mass is 10.1. The zero-order chi connectivity index (χ0) is 16.4. The quantitative estimate of drug-likeness (QED) is 0.411. The van der Waals surface area contributed by atoms with Crippen molar-refractivity contribution in [3.05, 3.63) is 11.5 Å². The average Bonchev–Trinajstić information content (AvgIpc) is 2.77. The molecule has 0 radical (unpaired) electrons. The van der Waals surface area contributed by atoms with Gasteiger partial charge >= 0.3 is 5.97 Å². The third-order valence-electron chi connectivity index (χ3n) is 3.94. The summed E-state index contributed by atoms with van der Waals surface area (Å²) in [5.74, 6) is 0.0837. The van der Waals surface area contributed by atoms with Gasteiger partial charge in [-0.05, 0) is 13.3 Å². The first-order valence-corrected chi connectivity index (χ1v) is 8.74. The van der Waals surface area contributed by atoms with E-state index < -0.39 is 6.10 Å². The van der Waals surface area contributed by atoms with Crippen molar-refractivity contribution in [2.24, 2.45) is 0 Å². The van der Waals surface area contributed by atoms with Crippen LogP contribution in [0.15, 0.2) is 11.5 Å². The number of carbonyl (C=O) groups excluding carboxylic acids is 2. The molecule has 0 aromatic heterocycles. The van der Waals surface area contributed by atoms with Crippen LogP contribution >= 0.6 is 0 Å². The molecule has 1 aliphatic heterocycles. The monoisotopic (exact) mass is 310 g/mol. The van der Waals surface area contributed by atoms with Gasteiger partial charge in [0.15, 0.2) is 6.10 Å². The van der Waals surface area contributed by atoms with E-state index in [1.807, 2.05) is 6.92 Å². The lowest BCUT2D eigenvalue weighted by molar-refractivity contribution is -0.142. The third-order valence-corrected chi connectivity index (χ3v) is 3.94. The van der Waals surface area contributed by atoms with Crippen molar-refractivity contribution >= 4 is 11.8 Å². The molecule has 0 fully saturated rings. The second-order valence-corrected chi connectivity index (χ2v) is 5.93. The highest BCUT2D eigenvalue weighted by Gasteiger charge is 2.33. The molecule has 1 unspecified atom stereocenters. The van der Waals surface area contributed by atoms with Crippen LogP contribution in [-0.4, -0.2) is 17.9 Å². The van der Waals surface area contributed by atoms with E-state index in [-0.39, 0.29) is 17.5 Å². The van der Waals surface area contributed by atoms with Crippen molar-refractivity contribution in [3.8, 4) is 0 Å². The Morgan fingerprint density at radius 2 is 1.64 bits per heavy atom. The number of carbonyl (C=O) groups is 2. The number of esters is 1. The van der Waals surface area contributed by atoms with Crippen LogP contribution in [0.1, 0.15) is 85.0 Å². The minimum atomic E-state index is -0.527. The van der Waals surface area contributed by atoms with E-state index >= 15 is 0 Å². The second-order valence-electron chi connectivity index (χ2n) is 5.93. The molecule has 0 saturated heterocycles. The lowest BCUT2D eigenvalue weighted by Gasteiger charge is -2.05. The van der Waals surface area contributed by atoms with Crippen LogP contribution in [0, 0.1) is 0 Å². The van der Waals surface area contributed by atoms with Crippen molar-refractivity contribution < 1.29 is 19.1 Å². The minimum Gasteiger partial charge on any atom is -0.483 e. The Kier molecular flexibility index (Phi) is 8.86. The Morgan fingerprint density at radius 3 is 2.23 bits per heavy atom. The average molecular weight is 310 g/mol. The van der Waals surface area contributed by atoms with Gasteiger partial charge in [-0.15, -0.1) is 0 Å². The zero-order valence-corrected chi connectivity index (χ0v) is 14.3. The van der Waals surface area contributed by atoms with E-state index in [1.54, 1.807) is 6.92 Å². The number of unbranched alkanes of at least 4 members (excludes halogenated alkanes) is 7. The van der Waals surface area contributed by atoms with E-state index in [2.05, 4.69) is 6.92 Å². The SMILES string of the molecule is CCCCCCCCCCC(=O)OC1=C(CC)OC(C)C1=O. The minimum absolute atomic E-state index is 0.125. The Balaban J connectivity index is 2.17. The Labute approximate surface area is 134 Å². The Bertz CT molecular complexity index is 398. The topological polar surface area (TPSA) is 52.6 Å². The standard InChI is InChI=1S/C18H30O4/c1-4-6-7-8-9-10-11-12-13-16(19)22-18-15(5-2)21-14(3)17(18)20/h14H,4-13H2,1-3H3. The summed E-state index contributed by atoms with van der Waals surface area (Å²) in [6.45, 7) is 5.77. The summed E-state index contributed by atoms with van der Waals surface area (Å²) in [6, 6.07) is 0. The van der Waals surface area contributed by atoms with Gasteiger partial charge in [-0.1, -0.05) is 58.8 Å². The number of hydrogen-bond donors (Lipinski definition) is 0. The van der Waals surface area contributed by atoms with E-state index in [9.17, 15) is 9.59 Å². The van der Waals surface area contributed by atoms with Crippen LogP contribution in [0.2, 0.25) is 0 Å². The maximum Gasteiger partial charge on any atom is 0.311 e. The molecule has 1 heterocycles. The van der Waals surface area contributed by atoms with Gasteiger partial charge in [0.25, 0.3) is 0 Å². The summed E-state index contributed by atoms with van der Waals surface area (Å²) in [6.07, 6.45) is 9.87. The fourth-order valence-electron chi connectivity index (χ4n) is 2.56. The normalized spacial score (nSPS) is 17.8. The Morgan fingerprint density at radius 1 is 1.05 bits per heavy atom. The predicted molar refractivity (Wildman–Crippen MR) is 86.2 cm³/mol. The van der Waals surface area contributed by atoms with E-state index in [0.717, 1.165) is 12.8 Å². The van der Waals surface area contributed by atoms with Gasteiger partial charge in [-0.2, -0.15) is 0 Å². The number of allylic oxidation sites excluding steroid dienone is 1. The van der Waals surface area contributed by atoms with Crippen molar-refractivity contribution in [2.75, 3.05) is 0 Å². The van der Waals surface area contributed by atoms with Crippen LogP contribution < -0.4 is 0 Å². The molecule has 4 nitrogen and oxygen atoms in total. The number of hydrogen-bond acceptors (Lipinski definition) is 4. The van der Waals surface area contributed by atoms with Gasteiger partial charge in [-0.3, -0.25) is 9.59 Å². The zero-order valence-electron chi connectivity index (χ0n) is 14.3. The summed E-state index contributed by atoms with van der Waals surface area (Å²) in [5, 5.41) is 0. The van der Waals surface area contributed by atoms with Crippen LogP contribution in [0.5, 0.6) is 0 Å². The molecule has 0 N–H and O–H groups in total. The molecular weight excluding hydrogens is 280 g/mol. The van der Waals surface area contributed by atoms with Gasteiger partial charge in [0.05, 0.1) is 0 Å². The molecule has 0 aliphatic carbocycles. The van der Waals surface area contributed by atoms with Gasteiger partial charge in [0.1, 0.15) is 5.76 Å². The van der Waals surface area contributed by atoms with Gasteiger partial charge in [0.2, 0.25) is 11.5 Å². The predicted octanol–water partition coefficient (Wildman–Crippen LogP) is 4.67. The molecule has 4 heteroatoms. The summed E-state index contributed by atoms with van der Waals surface area (Å²) >= 11 is 0. The van der Waals surface area contributed by atoms with Gasteiger partial charge < -0.3 is 9.47 Å². The highest BCUT2D eigenvalue weighted by Crippen LogP contribution is 2.25. The lowest BCUT2D eigenvalue weighted by Crippen LogP contribution is -2.16. The van der Waals surface area contributed by atoms with Crippen molar-refractivity contribution in [2.45, 2.75) is 91.1 Å². The largest absolute Gasteiger partial charge is 0.483 e. The highest BCUT2D eigenvalue weighted by atomic mass is 16.6. The van der Waals surface area contributed by atoms with E-state index in [4.69, 9.17) is 9.47 Å². The summed E-state index contributed by atoms with van der Waals surface area (Å²) in [5.41, 5.74) is 0. The van der Waals surface area contributed by atoms with Crippen LogP contribution in [0.25, 0.3) is 0 Å². The van der Waals surface area contributed by atoms with Crippen molar-refractivity contribution in [3.63, 3.8) is 0 Å². The molecule has 0 bridgehead atoms. The molecule has 0 aromatic carbocycles. The second kappa shape index (κ2) is 10.4. The van der Waals surface area contributed by atoms with E-state index in [1.165, 1.54) is 38.5 Å². The van der Waals surface area contributed by atoms with Crippen LogP contribution in [-0.2, 0) is 19.1 Å². The van der Waals surface area contributed by atoms with Crippen LogP contribution in [0.3, 0.4) is 0 Å². The van der Waals surface area contributed by atoms with E-state index in [0.29, 0.717) is 18.6 Å². The molecule has 126 valence electrons. The van der Waals surface area contributed by atoms with Gasteiger partial charge in [-0.25, -0.2) is 0 Å². The summed E-state index contributed by atoms with van der Waals surface area (Å²) in [4.78, 5) is 23.7. The molecular formula is C18H30O4. The smallest absolute Gasteiger partial charge is 0.311 e. The molecule has 1 rings (SSSR count). The Hall–Kier alpha value is -1.32. The molecule has 1 aliphatic rings. The van der Waals surface area contributed by atoms with Crippen molar-refractivity contribution in [1.29, 1.82) is 0 Å². The number of ether oxygens (including phenoxy) is 2. The molecule has 0 amide bonds. The maximum absolute atomic E-state index is 11.9. The molecule has 0 spiro atoms. The first-order chi connectivity index (χ1) is 10.6. The molecule has 1 atom stereocenters. The first kappa shape index (κ1) is 18.7. The number of ketones is 1. The van der Waals surface area contributed by atoms with Crippen LogP contribution in [0.4, 0.5) is 0 Å². The van der Waals surface area contributed by atoms with Gasteiger partial charge in [0, 0.05) is 12.8 Å². The maximum atomic E-state index is 11.9. The number of rotatable bonds is 11. The molecule has 0 aromatic rings. The molecule has 0 saturated carbocycles. The number of Topliss-reactive ketones (excluding diaryl/α,β-unsaturated/α-hetero) is 1. The third kappa shape index (κ3) is 6.20. The fraction of sp³-hybridized carbons (Fsp3) is 0.778. The highest BCUT2D eigenvalue weighted by molar-refractivity contribution is 6.00.